The van der Waals surface area contributed by atoms with Gasteiger partial charge in [0, 0.05) is 24.4 Å². The number of hydrogen-bond donors (Lipinski definition) is 0. The van der Waals surface area contributed by atoms with Crippen LogP contribution in [-0.4, -0.2) is 24.2 Å². The maximum atomic E-state index is 13.8. The van der Waals surface area contributed by atoms with Gasteiger partial charge in [-0.25, -0.2) is 13.2 Å². The fraction of sp³-hybridized carbons (Fsp3) is 0.259. The van der Waals surface area contributed by atoms with Crippen LogP contribution in [0.3, 0.4) is 0 Å². The fourth-order valence-corrected chi connectivity index (χ4v) is 3.66. The summed E-state index contributed by atoms with van der Waals surface area (Å²) in [5.41, 5.74) is 1.01. The van der Waals surface area contributed by atoms with Crippen molar-refractivity contribution in [2.45, 2.75) is 33.7 Å². The third-order valence-electron chi connectivity index (χ3n) is 5.31. The van der Waals surface area contributed by atoms with Crippen LogP contribution in [0.5, 0.6) is 0 Å². The SMILES string of the molecule is CC(=O)/C=C(/C)[O-].CC(C)[C@H]1CN(c2cc(F)c(F)c(F)c2)C(c2[c-]ccc3ccccc23)=N1.[Pd+2]. The Morgan fingerprint density at radius 2 is 1.77 bits per heavy atom. The Hall–Kier alpha value is -2.95. The number of allylic oxidation sites excluding steroid dienone is 2. The van der Waals surface area contributed by atoms with Crippen molar-refractivity contribution < 1.29 is 43.5 Å². The molecule has 35 heavy (non-hydrogen) atoms. The molecule has 1 aliphatic rings. The van der Waals surface area contributed by atoms with E-state index in [1.54, 1.807) is 4.90 Å². The second kappa shape index (κ2) is 12.1. The minimum absolute atomic E-state index is 0. The largest absolute Gasteiger partial charge is 2.00 e. The zero-order chi connectivity index (χ0) is 25.0. The second-order valence-electron chi connectivity index (χ2n) is 8.40. The van der Waals surface area contributed by atoms with E-state index in [0.29, 0.717) is 12.4 Å². The summed E-state index contributed by atoms with van der Waals surface area (Å²) in [6, 6.07) is 16.8. The zero-order valence-corrected chi connectivity index (χ0v) is 21.3. The molecule has 0 amide bonds. The summed E-state index contributed by atoms with van der Waals surface area (Å²) in [5.74, 6) is -3.42. The van der Waals surface area contributed by atoms with Gasteiger partial charge in [0.1, 0.15) is 0 Å². The van der Waals surface area contributed by atoms with E-state index in [-0.39, 0.29) is 49.6 Å². The molecule has 0 unspecified atom stereocenters. The van der Waals surface area contributed by atoms with Gasteiger partial charge < -0.3 is 15.0 Å². The van der Waals surface area contributed by atoms with Crippen molar-refractivity contribution in [3.63, 3.8) is 0 Å². The van der Waals surface area contributed by atoms with Crippen LogP contribution in [0.4, 0.5) is 18.9 Å². The molecule has 1 atom stereocenters. The summed E-state index contributed by atoms with van der Waals surface area (Å²) in [6.45, 7) is 7.26. The maximum absolute atomic E-state index is 13.8. The molecule has 0 saturated carbocycles. The van der Waals surface area contributed by atoms with Gasteiger partial charge in [0.05, 0.1) is 11.9 Å². The van der Waals surface area contributed by atoms with Gasteiger partial charge in [0.15, 0.2) is 23.2 Å². The number of carbonyl (C=O) groups is 1. The van der Waals surface area contributed by atoms with E-state index in [2.05, 4.69) is 6.07 Å². The number of ketones is 1. The summed E-state index contributed by atoms with van der Waals surface area (Å²) >= 11 is 0. The monoisotopic (exact) mass is 572 g/mol. The maximum Gasteiger partial charge on any atom is 2.00 e. The third-order valence-corrected chi connectivity index (χ3v) is 5.31. The molecule has 4 rings (SSSR count). The molecule has 0 aliphatic carbocycles. The molecule has 3 aromatic carbocycles. The summed E-state index contributed by atoms with van der Waals surface area (Å²) in [5, 5.41) is 12.0. The number of benzene rings is 3. The smallest absolute Gasteiger partial charge is 0.876 e. The standard InChI is InChI=1S/C22H18F3N2.C5H8O2.Pd/c1-13(2)20-12-27(15-10-18(23)21(25)19(24)11-15)22(26-20)17-9-5-7-14-6-3-4-8-16(14)17;1-4(6)3-5(2)7;/h3-8,10-11,13,20H,12H2,1-2H3;3,6H,1-2H3;/q-1;;+2/p-1/b;4-3-;/t20-;;/m1../s1. The van der Waals surface area contributed by atoms with E-state index in [4.69, 9.17) is 4.99 Å². The molecular weight excluding hydrogens is 548 g/mol. The van der Waals surface area contributed by atoms with Gasteiger partial charge in [-0.15, -0.1) is 34.9 Å². The Morgan fingerprint density at radius 3 is 2.31 bits per heavy atom. The first kappa shape index (κ1) is 28.3. The molecule has 186 valence electrons. The Labute approximate surface area is 216 Å². The van der Waals surface area contributed by atoms with Crippen LogP contribution in [0, 0.1) is 29.4 Å². The van der Waals surface area contributed by atoms with Crippen LogP contribution < -0.4 is 10.0 Å². The summed E-state index contributed by atoms with van der Waals surface area (Å²) in [4.78, 5) is 16.5. The van der Waals surface area contributed by atoms with Crippen LogP contribution in [-0.2, 0) is 25.2 Å². The van der Waals surface area contributed by atoms with Gasteiger partial charge >= 0.3 is 20.4 Å². The summed E-state index contributed by atoms with van der Waals surface area (Å²) in [7, 11) is 0. The molecule has 0 aromatic heterocycles. The number of rotatable bonds is 4. The van der Waals surface area contributed by atoms with Crippen molar-refractivity contribution in [1.82, 2.24) is 0 Å². The normalized spacial score (nSPS) is 15.4. The van der Waals surface area contributed by atoms with Crippen molar-refractivity contribution in [3.05, 3.63) is 89.4 Å². The van der Waals surface area contributed by atoms with Crippen LogP contribution in [0.1, 0.15) is 33.3 Å². The van der Waals surface area contributed by atoms with Crippen LogP contribution in [0.25, 0.3) is 10.8 Å². The third kappa shape index (κ3) is 6.81. The molecule has 1 aliphatic heterocycles. The molecule has 0 radical (unpaired) electrons. The predicted octanol–water partition coefficient (Wildman–Crippen LogP) is 5.19. The van der Waals surface area contributed by atoms with Crippen molar-refractivity contribution in [1.29, 1.82) is 0 Å². The first-order valence-electron chi connectivity index (χ1n) is 10.8. The molecular formula is C27H25F3N2O2Pd. The summed E-state index contributed by atoms with van der Waals surface area (Å²) in [6.07, 6.45) is 1.06. The van der Waals surface area contributed by atoms with Crippen molar-refractivity contribution in [2.75, 3.05) is 11.4 Å². The van der Waals surface area contributed by atoms with Crippen molar-refractivity contribution in [2.24, 2.45) is 10.9 Å². The van der Waals surface area contributed by atoms with Gasteiger partial charge in [-0.05, 0) is 18.9 Å². The van der Waals surface area contributed by atoms with E-state index in [1.165, 1.54) is 13.8 Å². The minimum atomic E-state index is -1.46. The van der Waals surface area contributed by atoms with E-state index in [0.717, 1.165) is 34.5 Å². The number of nitrogens with zero attached hydrogens (tertiary/aromatic N) is 2. The molecule has 0 fully saturated rings. The van der Waals surface area contributed by atoms with Gasteiger partial charge in [-0.1, -0.05) is 50.4 Å². The van der Waals surface area contributed by atoms with Gasteiger partial charge in [-0.3, -0.25) is 4.79 Å². The first-order chi connectivity index (χ1) is 16.1. The molecule has 0 saturated heterocycles. The predicted molar refractivity (Wildman–Crippen MR) is 126 cm³/mol. The molecule has 4 nitrogen and oxygen atoms in total. The quantitative estimate of drug-likeness (QED) is 0.142. The molecule has 0 spiro atoms. The number of aliphatic imine (C=N–C) groups is 1. The van der Waals surface area contributed by atoms with Crippen LogP contribution >= 0.6 is 0 Å². The number of anilines is 1. The number of amidine groups is 1. The van der Waals surface area contributed by atoms with Gasteiger partial charge in [0.25, 0.3) is 0 Å². The first-order valence-corrected chi connectivity index (χ1v) is 10.8. The fourth-order valence-electron chi connectivity index (χ4n) is 3.66. The Bertz CT molecular complexity index is 1240. The van der Waals surface area contributed by atoms with E-state index >= 15 is 0 Å². The van der Waals surface area contributed by atoms with Gasteiger partial charge in [0.2, 0.25) is 0 Å². The topological polar surface area (TPSA) is 55.7 Å². The number of hydrogen-bond acceptors (Lipinski definition) is 4. The number of carbonyl (C=O) groups excluding carboxylic acids is 1. The molecule has 3 aromatic rings. The average Bonchev–Trinajstić information content (AvgIpc) is 3.22. The minimum Gasteiger partial charge on any atom is -0.876 e. The average molecular weight is 573 g/mol. The Morgan fingerprint density at radius 1 is 1.14 bits per heavy atom. The van der Waals surface area contributed by atoms with E-state index in [1.807, 2.05) is 50.2 Å². The molecule has 8 heteroatoms. The molecule has 0 N–H and O–H groups in total. The number of fused-ring (bicyclic) bond motifs is 1. The Balaban J connectivity index is 0.000000476. The van der Waals surface area contributed by atoms with E-state index in [9.17, 15) is 23.1 Å². The Kier molecular flexibility index (Phi) is 9.82. The van der Waals surface area contributed by atoms with Crippen molar-refractivity contribution in [3.8, 4) is 0 Å². The zero-order valence-electron chi connectivity index (χ0n) is 19.7. The molecule has 0 bridgehead atoms. The summed E-state index contributed by atoms with van der Waals surface area (Å²) < 4.78 is 41.1. The second-order valence-corrected chi connectivity index (χ2v) is 8.40. The molecule has 1 heterocycles. The van der Waals surface area contributed by atoms with Crippen LogP contribution in [0.2, 0.25) is 0 Å². The number of halogens is 3. The van der Waals surface area contributed by atoms with Crippen molar-refractivity contribution >= 4 is 28.1 Å². The van der Waals surface area contributed by atoms with E-state index < -0.39 is 17.5 Å². The van der Waals surface area contributed by atoms with Crippen LogP contribution in [0.15, 0.2) is 65.4 Å². The van der Waals surface area contributed by atoms with Gasteiger partial charge in [-0.2, -0.15) is 0 Å².